The van der Waals surface area contributed by atoms with E-state index in [4.69, 9.17) is 10.8 Å². The minimum absolute atomic E-state index is 0.0510. The van der Waals surface area contributed by atoms with Gasteiger partial charge in [-0.25, -0.2) is 4.98 Å². The van der Waals surface area contributed by atoms with Crippen molar-refractivity contribution >= 4 is 29.6 Å². The lowest BCUT2D eigenvalue weighted by Crippen LogP contribution is -2.55. The summed E-state index contributed by atoms with van der Waals surface area (Å²) in [5.41, 5.74) is 5.90. The van der Waals surface area contributed by atoms with Crippen LogP contribution in [0.5, 0.6) is 0 Å². The molecule has 0 spiro atoms. The molecule has 1 saturated heterocycles. The van der Waals surface area contributed by atoms with E-state index >= 15 is 0 Å². The number of carboxylic acid groups (broad SMARTS) is 1. The molecule has 1 aromatic rings. The van der Waals surface area contributed by atoms with Gasteiger partial charge in [0.1, 0.15) is 18.6 Å². The summed E-state index contributed by atoms with van der Waals surface area (Å²) in [6, 6.07) is -1.78. The summed E-state index contributed by atoms with van der Waals surface area (Å²) >= 11 is 0. The molecule has 2 rings (SSSR count). The van der Waals surface area contributed by atoms with Crippen molar-refractivity contribution in [1.29, 1.82) is 0 Å². The predicted molar refractivity (Wildman–Crippen MR) is 102 cm³/mol. The van der Waals surface area contributed by atoms with E-state index in [0.29, 0.717) is 25.1 Å². The highest BCUT2D eigenvalue weighted by Crippen LogP contribution is 2.17. The summed E-state index contributed by atoms with van der Waals surface area (Å²) in [5, 5.41) is 15.7. The van der Waals surface area contributed by atoms with Gasteiger partial charge in [0.2, 0.25) is 23.6 Å². The number of hydrogen-bond donors (Lipinski definition) is 6. The number of rotatable bonds is 10. The molecule has 0 aliphatic carbocycles. The number of amides is 4. The Bertz CT molecular complexity index is 782. The molecule has 1 aromatic heterocycles. The van der Waals surface area contributed by atoms with Crippen molar-refractivity contribution in [2.24, 2.45) is 5.73 Å². The third kappa shape index (κ3) is 6.55. The van der Waals surface area contributed by atoms with E-state index in [2.05, 4.69) is 25.9 Å². The molecule has 0 saturated carbocycles. The number of aromatic nitrogens is 2. The highest BCUT2D eigenvalue weighted by atomic mass is 16.4. The van der Waals surface area contributed by atoms with Crippen LogP contribution in [0.3, 0.4) is 0 Å². The van der Waals surface area contributed by atoms with Gasteiger partial charge >= 0.3 is 5.97 Å². The third-order valence-corrected chi connectivity index (χ3v) is 4.51. The van der Waals surface area contributed by atoms with Gasteiger partial charge in [-0.3, -0.25) is 24.0 Å². The Hall–Kier alpha value is -3.48. The van der Waals surface area contributed by atoms with E-state index < -0.39 is 48.9 Å². The first-order valence-electron chi connectivity index (χ1n) is 9.35. The molecule has 164 valence electrons. The molecular weight excluding hydrogens is 398 g/mol. The highest BCUT2D eigenvalue weighted by Gasteiger charge is 2.35. The SMILES string of the molecule is NCC(=O)N1CCC[C@H]1C(=O)N[C@@H](Cc1c[nH]cn1)C(=O)NCC(=O)NCC(=O)O. The number of nitrogens with zero attached hydrogens (tertiary/aromatic N) is 2. The van der Waals surface area contributed by atoms with Gasteiger partial charge in [-0.2, -0.15) is 0 Å². The van der Waals surface area contributed by atoms with Crippen LogP contribution in [0.15, 0.2) is 12.5 Å². The van der Waals surface area contributed by atoms with Gasteiger partial charge in [0, 0.05) is 19.2 Å². The Balaban J connectivity index is 2.01. The van der Waals surface area contributed by atoms with Crippen molar-refractivity contribution in [3.05, 3.63) is 18.2 Å². The van der Waals surface area contributed by atoms with Crippen LogP contribution in [0.2, 0.25) is 0 Å². The van der Waals surface area contributed by atoms with Gasteiger partial charge in [-0.15, -0.1) is 0 Å². The summed E-state index contributed by atoms with van der Waals surface area (Å²) in [6.45, 7) is -0.838. The maximum atomic E-state index is 12.7. The van der Waals surface area contributed by atoms with Crippen molar-refractivity contribution < 1.29 is 29.1 Å². The molecule has 0 unspecified atom stereocenters. The van der Waals surface area contributed by atoms with Gasteiger partial charge in [0.25, 0.3) is 0 Å². The Kier molecular flexibility index (Phi) is 8.29. The number of carbonyl (C=O) groups is 5. The number of hydrogen-bond acceptors (Lipinski definition) is 7. The number of nitrogens with one attached hydrogen (secondary N) is 4. The van der Waals surface area contributed by atoms with Gasteiger partial charge in [-0.05, 0) is 12.8 Å². The van der Waals surface area contributed by atoms with E-state index in [-0.39, 0.29) is 18.9 Å². The Labute approximate surface area is 171 Å². The zero-order valence-corrected chi connectivity index (χ0v) is 16.2. The molecular formula is C17H25N7O6. The number of aromatic amines is 1. The molecule has 0 bridgehead atoms. The maximum Gasteiger partial charge on any atom is 0.322 e. The fourth-order valence-corrected chi connectivity index (χ4v) is 3.07. The first-order chi connectivity index (χ1) is 14.3. The molecule has 4 amide bonds. The summed E-state index contributed by atoms with van der Waals surface area (Å²) in [4.78, 5) is 67.5. The van der Waals surface area contributed by atoms with E-state index in [1.165, 1.54) is 11.2 Å². The molecule has 1 aliphatic heterocycles. The lowest BCUT2D eigenvalue weighted by molar-refractivity contribution is -0.138. The Morgan fingerprint density at radius 1 is 1.27 bits per heavy atom. The van der Waals surface area contributed by atoms with Crippen LogP contribution in [0.4, 0.5) is 0 Å². The molecule has 7 N–H and O–H groups in total. The monoisotopic (exact) mass is 423 g/mol. The standard InChI is InChI=1S/C17H25N7O6/c18-5-14(26)24-3-1-2-12(24)17(30)23-11(4-10-6-19-9-22-10)16(29)21-7-13(25)20-8-15(27)28/h6,9,11-12H,1-5,7-8,18H2,(H,19,22)(H,20,25)(H,21,29)(H,23,30)(H,27,28)/t11-,12-/m0/s1. The molecule has 2 heterocycles. The fraction of sp³-hybridized carbons (Fsp3) is 0.529. The molecule has 0 aromatic carbocycles. The number of aliphatic carboxylic acids is 1. The number of carboxylic acids is 1. The van der Waals surface area contributed by atoms with Crippen LogP contribution >= 0.6 is 0 Å². The summed E-state index contributed by atoms with van der Waals surface area (Å²) in [7, 11) is 0. The topological polar surface area (TPSA) is 200 Å². The Morgan fingerprint density at radius 2 is 2.03 bits per heavy atom. The van der Waals surface area contributed by atoms with Crippen molar-refractivity contribution in [3.63, 3.8) is 0 Å². The fourth-order valence-electron chi connectivity index (χ4n) is 3.07. The van der Waals surface area contributed by atoms with Gasteiger partial charge in [0.05, 0.1) is 25.1 Å². The van der Waals surface area contributed by atoms with Gasteiger partial charge in [0.15, 0.2) is 0 Å². The second-order valence-electron chi connectivity index (χ2n) is 6.66. The maximum absolute atomic E-state index is 12.7. The lowest BCUT2D eigenvalue weighted by atomic mass is 10.1. The average Bonchev–Trinajstić information content (AvgIpc) is 3.41. The van der Waals surface area contributed by atoms with Crippen molar-refractivity contribution in [3.8, 4) is 0 Å². The van der Waals surface area contributed by atoms with E-state index in [0.717, 1.165) is 0 Å². The predicted octanol–water partition coefficient (Wildman–Crippen LogP) is -3.30. The number of H-pyrrole nitrogens is 1. The van der Waals surface area contributed by atoms with Crippen LogP contribution in [-0.2, 0) is 30.4 Å². The zero-order chi connectivity index (χ0) is 22.1. The number of carbonyl (C=O) groups excluding carboxylic acids is 4. The molecule has 13 heteroatoms. The highest BCUT2D eigenvalue weighted by molar-refractivity contribution is 5.94. The smallest absolute Gasteiger partial charge is 0.322 e. The third-order valence-electron chi connectivity index (χ3n) is 4.51. The minimum Gasteiger partial charge on any atom is -0.480 e. The summed E-state index contributed by atoms with van der Waals surface area (Å²) in [6.07, 6.45) is 4.13. The second kappa shape index (κ2) is 10.9. The number of imidazole rings is 1. The van der Waals surface area contributed by atoms with E-state index in [1.807, 2.05) is 0 Å². The van der Waals surface area contributed by atoms with Gasteiger partial charge in [-0.1, -0.05) is 0 Å². The minimum atomic E-state index is -1.22. The van der Waals surface area contributed by atoms with Crippen molar-refractivity contribution in [2.75, 3.05) is 26.2 Å². The molecule has 2 atom stereocenters. The van der Waals surface area contributed by atoms with Gasteiger partial charge < -0.3 is 36.7 Å². The van der Waals surface area contributed by atoms with Crippen LogP contribution in [-0.4, -0.2) is 87.8 Å². The van der Waals surface area contributed by atoms with Crippen LogP contribution in [0.25, 0.3) is 0 Å². The van der Waals surface area contributed by atoms with Crippen LogP contribution in [0, 0.1) is 0 Å². The van der Waals surface area contributed by atoms with Crippen molar-refractivity contribution in [2.45, 2.75) is 31.3 Å². The Morgan fingerprint density at radius 3 is 2.67 bits per heavy atom. The van der Waals surface area contributed by atoms with E-state index in [1.54, 1.807) is 6.20 Å². The largest absolute Gasteiger partial charge is 0.480 e. The lowest BCUT2D eigenvalue weighted by Gasteiger charge is -2.25. The summed E-state index contributed by atoms with van der Waals surface area (Å²) < 4.78 is 0. The quantitative estimate of drug-likeness (QED) is 0.225. The van der Waals surface area contributed by atoms with Crippen LogP contribution < -0.4 is 21.7 Å². The first-order valence-corrected chi connectivity index (χ1v) is 9.35. The zero-order valence-electron chi connectivity index (χ0n) is 16.2. The molecule has 30 heavy (non-hydrogen) atoms. The summed E-state index contributed by atoms with van der Waals surface area (Å²) in [5.74, 6) is -3.40. The number of nitrogens with two attached hydrogens (primary N) is 1. The molecule has 1 fully saturated rings. The molecule has 1 aliphatic rings. The van der Waals surface area contributed by atoms with Crippen LogP contribution in [0.1, 0.15) is 18.5 Å². The second-order valence-corrected chi connectivity index (χ2v) is 6.66. The molecule has 13 nitrogen and oxygen atoms in total. The normalized spacial score (nSPS) is 16.6. The first kappa shape index (κ1) is 22.8. The van der Waals surface area contributed by atoms with Crippen molar-refractivity contribution in [1.82, 2.24) is 30.8 Å². The number of likely N-dealkylation sites (tertiary alicyclic amines) is 1. The average molecular weight is 423 g/mol. The van der Waals surface area contributed by atoms with E-state index in [9.17, 15) is 24.0 Å². The molecule has 0 radical (unpaired) electrons.